The Morgan fingerprint density at radius 3 is 2.06 bits per heavy atom. The minimum absolute atomic E-state index is 0.237. The first-order valence-electron chi connectivity index (χ1n) is 11.3. The van der Waals surface area contributed by atoms with Crippen molar-refractivity contribution in [3.63, 3.8) is 0 Å². The molecule has 1 atom stereocenters. The zero-order valence-electron chi connectivity index (χ0n) is 19.9. The largest absolute Gasteiger partial charge is 0.456 e. The van der Waals surface area contributed by atoms with Crippen LogP contribution in [0.15, 0.2) is 78.9 Å². The highest BCUT2D eigenvalue weighted by molar-refractivity contribution is 6.05. The molecule has 7 heteroatoms. The fourth-order valence-electron chi connectivity index (χ4n) is 3.35. The summed E-state index contributed by atoms with van der Waals surface area (Å²) in [5, 5.41) is 5.46. The Labute approximate surface area is 204 Å². The van der Waals surface area contributed by atoms with Crippen LogP contribution in [0.5, 0.6) is 0 Å². The molecule has 3 rings (SSSR count). The number of hydrogen-bond donors (Lipinski definition) is 2. The van der Waals surface area contributed by atoms with Crippen LogP contribution in [-0.4, -0.2) is 36.2 Å². The van der Waals surface area contributed by atoms with Crippen LogP contribution in [0.25, 0.3) is 0 Å². The Morgan fingerprint density at radius 1 is 0.771 bits per heavy atom. The molecule has 0 unspecified atom stereocenters. The second kappa shape index (κ2) is 11.7. The fraction of sp³-hybridized carbons (Fsp3) is 0.214. The number of anilines is 1. The van der Waals surface area contributed by atoms with Crippen LogP contribution >= 0.6 is 0 Å². The quantitative estimate of drug-likeness (QED) is 0.354. The molecule has 7 nitrogen and oxygen atoms in total. The van der Waals surface area contributed by atoms with Gasteiger partial charge in [0, 0.05) is 22.4 Å². The van der Waals surface area contributed by atoms with Gasteiger partial charge < -0.3 is 15.4 Å². The minimum Gasteiger partial charge on any atom is -0.456 e. The number of Topliss-reactive ketones (excluding diaryl/α,β-unsaturated/α-hetero) is 1. The van der Waals surface area contributed by atoms with Gasteiger partial charge in [0.15, 0.2) is 12.4 Å². The number of nitrogens with one attached hydrogen (secondary N) is 2. The van der Waals surface area contributed by atoms with E-state index in [1.165, 1.54) is 0 Å². The molecule has 2 N–H and O–H groups in total. The van der Waals surface area contributed by atoms with E-state index in [4.69, 9.17) is 4.74 Å². The van der Waals surface area contributed by atoms with Gasteiger partial charge in [-0.05, 0) is 61.4 Å². The minimum atomic E-state index is -0.897. The molecule has 0 bridgehead atoms. The third-order valence-corrected chi connectivity index (χ3v) is 5.33. The maximum Gasteiger partial charge on any atom is 0.329 e. The van der Waals surface area contributed by atoms with E-state index in [1.807, 2.05) is 19.1 Å². The molecule has 0 saturated heterocycles. The molecule has 0 aliphatic rings. The maximum atomic E-state index is 12.6. The lowest BCUT2D eigenvalue weighted by Gasteiger charge is -2.21. The molecule has 0 aliphatic heterocycles. The first-order chi connectivity index (χ1) is 16.7. The Hall–Kier alpha value is -4.26. The molecule has 2 amide bonds. The Bertz CT molecular complexity index is 1200. The van der Waals surface area contributed by atoms with Gasteiger partial charge in [-0.2, -0.15) is 0 Å². The first kappa shape index (κ1) is 25.4. The molecule has 0 radical (unpaired) electrons. The van der Waals surface area contributed by atoms with Crippen molar-refractivity contribution in [1.29, 1.82) is 0 Å². The third kappa shape index (κ3) is 7.11. The van der Waals surface area contributed by atoms with Crippen LogP contribution in [0.1, 0.15) is 50.5 Å². The van der Waals surface area contributed by atoms with E-state index in [0.29, 0.717) is 22.4 Å². The predicted octanol–water partition coefficient (Wildman–Crippen LogP) is 4.43. The zero-order chi connectivity index (χ0) is 25.4. The number of carbonyl (C=O) groups is 4. The molecule has 0 aliphatic carbocycles. The molecule has 0 aromatic heterocycles. The van der Waals surface area contributed by atoms with Gasteiger partial charge in [-0.1, -0.05) is 49.7 Å². The van der Waals surface area contributed by atoms with Crippen LogP contribution in [0.3, 0.4) is 0 Å². The molecule has 0 spiro atoms. The van der Waals surface area contributed by atoms with Gasteiger partial charge in [0.1, 0.15) is 6.04 Å². The SMILES string of the molecule is Cc1cccc(C(=O)N[C@H](C(=O)OCC(=O)c2ccc(NC(=O)c3ccccc3)cc2)C(C)C)c1. The lowest BCUT2D eigenvalue weighted by molar-refractivity contribution is -0.145. The molecule has 180 valence electrons. The summed E-state index contributed by atoms with van der Waals surface area (Å²) in [5.74, 6) is -1.96. The first-order valence-corrected chi connectivity index (χ1v) is 11.3. The molecule has 0 saturated carbocycles. The second-order valence-corrected chi connectivity index (χ2v) is 8.49. The van der Waals surface area contributed by atoms with Crippen molar-refractivity contribution < 1.29 is 23.9 Å². The molecule has 35 heavy (non-hydrogen) atoms. The summed E-state index contributed by atoms with van der Waals surface area (Å²) in [6, 6.07) is 21.2. The normalized spacial score (nSPS) is 11.4. The molecule has 3 aromatic rings. The fourth-order valence-corrected chi connectivity index (χ4v) is 3.35. The predicted molar refractivity (Wildman–Crippen MR) is 133 cm³/mol. The van der Waals surface area contributed by atoms with Crippen LogP contribution in [0.2, 0.25) is 0 Å². The van der Waals surface area contributed by atoms with E-state index in [2.05, 4.69) is 10.6 Å². The standard InChI is InChI=1S/C28H28N2O5/c1-18(2)25(30-27(33)22-11-7-8-19(3)16-22)28(34)35-17-24(31)20-12-14-23(15-13-20)29-26(32)21-9-5-4-6-10-21/h4-16,18,25H,17H2,1-3H3,(H,29,32)(H,30,33)/t25-/m0/s1. The number of carbonyl (C=O) groups excluding carboxylic acids is 4. The monoisotopic (exact) mass is 472 g/mol. The second-order valence-electron chi connectivity index (χ2n) is 8.49. The van der Waals surface area contributed by atoms with Crippen molar-refractivity contribution in [2.24, 2.45) is 5.92 Å². The lowest BCUT2D eigenvalue weighted by atomic mass is 10.0. The van der Waals surface area contributed by atoms with Crippen molar-refractivity contribution >= 4 is 29.3 Å². The molecule has 0 fully saturated rings. The van der Waals surface area contributed by atoms with Crippen LogP contribution in [-0.2, 0) is 9.53 Å². The Balaban J connectivity index is 1.55. The van der Waals surface area contributed by atoms with Gasteiger partial charge in [0.25, 0.3) is 11.8 Å². The molecular formula is C28H28N2O5. The van der Waals surface area contributed by atoms with Gasteiger partial charge in [-0.3, -0.25) is 14.4 Å². The highest BCUT2D eigenvalue weighted by Crippen LogP contribution is 2.13. The Morgan fingerprint density at radius 2 is 1.43 bits per heavy atom. The van der Waals surface area contributed by atoms with E-state index in [-0.39, 0.29) is 17.7 Å². The third-order valence-electron chi connectivity index (χ3n) is 5.33. The number of aryl methyl sites for hydroxylation is 1. The average molecular weight is 473 g/mol. The summed E-state index contributed by atoms with van der Waals surface area (Å²) in [6.07, 6.45) is 0. The molecule has 3 aromatic carbocycles. The van der Waals surface area contributed by atoms with Crippen molar-refractivity contribution in [1.82, 2.24) is 5.32 Å². The van der Waals surface area contributed by atoms with Gasteiger partial charge >= 0.3 is 5.97 Å². The van der Waals surface area contributed by atoms with Crippen molar-refractivity contribution in [2.75, 3.05) is 11.9 Å². The average Bonchev–Trinajstić information content (AvgIpc) is 2.86. The van der Waals surface area contributed by atoms with Crippen molar-refractivity contribution in [2.45, 2.75) is 26.8 Å². The number of esters is 1. The van der Waals surface area contributed by atoms with Gasteiger partial charge in [0.2, 0.25) is 0 Å². The van der Waals surface area contributed by atoms with Crippen LogP contribution in [0, 0.1) is 12.8 Å². The van der Waals surface area contributed by atoms with E-state index in [1.54, 1.807) is 80.6 Å². The number of hydrogen-bond acceptors (Lipinski definition) is 5. The summed E-state index contributed by atoms with van der Waals surface area (Å²) in [5.41, 5.74) is 2.76. The lowest BCUT2D eigenvalue weighted by Crippen LogP contribution is -2.45. The summed E-state index contributed by atoms with van der Waals surface area (Å²) < 4.78 is 5.22. The highest BCUT2D eigenvalue weighted by atomic mass is 16.5. The number of rotatable bonds is 9. The van der Waals surface area contributed by atoms with Crippen molar-refractivity contribution in [3.8, 4) is 0 Å². The number of benzene rings is 3. The maximum absolute atomic E-state index is 12.6. The highest BCUT2D eigenvalue weighted by Gasteiger charge is 2.27. The van der Waals surface area contributed by atoms with Crippen molar-refractivity contribution in [3.05, 3.63) is 101 Å². The summed E-state index contributed by atoms with van der Waals surface area (Å²) in [6.45, 7) is 4.98. The topological polar surface area (TPSA) is 102 Å². The van der Waals surface area contributed by atoms with E-state index in [9.17, 15) is 19.2 Å². The smallest absolute Gasteiger partial charge is 0.329 e. The number of ether oxygens (including phenoxy) is 1. The van der Waals surface area contributed by atoms with Gasteiger partial charge in [-0.15, -0.1) is 0 Å². The molecule has 0 heterocycles. The van der Waals surface area contributed by atoms with E-state index in [0.717, 1.165) is 5.56 Å². The molecular weight excluding hydrogens is 444 g/mol. The van der Waals surface area contributed by atoms with Gasteiger partial charge in [0.05, 0.1) is 0 Å². The summed E-state index contributed by atoms with van der Waals surface area (Å²) >= 11 is 0. The Kier molecular flexibility index (Phi) is 8.51. The number of amides is 2. The number of ketones is 1. The summed E-state index contributed by atoms with van der Waals surface area (Å²) in [7, 11) is 0. The van der Waals surface area contributed by atoms with E-state index >= 15 is 0 Å². The van der Waals surface area contributed by atoms with Crippen LogP contribution < -0.4 is 10.6 Å². The summed E-state index contributed by atoms with van der Waals surface area (Å²) in [4.78, 5) is 50.0. The van der Waals surface area contributed by atoms with Gasteiger partial charge in [-0.25, -0.2) is 4.79 Å². The zero-order valence-corrected chi connectivity index (χ0v) is 19.9. The van der Waals surface area contributed by atoms with E-state index < -0.39 is 24.4 Å². The van der Waals surface area contributed by atoms with Crippen LogP contribution in [0.4, 0.5) is 5.69 Å².